The van der Waals surface area contributed by atoms with Crippen LogP contribution in [0.15, 0.2) is 18.2 Å². The molecule has 0 aliphatic carbocycles. The lowest BCUT2D eigenvalue weighted by Gasteiger charge is -2.36. The Labute approximate surface area is 149 Å². The molecule has 2 amide bonds. The molecule has 0 aromatic heterocycles. The second-order valence-corrected chi connectivity index (χ2v) is 6.23. The summed E-state index contributed by atoms with van der Waals surface area (Å²) in [6.45, 7) is 6.35. The van der Waals surface area contributed by atoms with E-state index in [1.165, 1.54) is 0 Å². The molecule has 1 aliphatic heterocycles. The maximum absolute atomic E-state index is 12.8. The van der Waals surface area contributed by atoms with Gasteiger partial charge in [-0.15, -0.1) is 0 Å². The first-order valence-corrected chi connectivity index (χ1v) is 8.85. The number of hydrogen-bond acceptors (Lipinski definition) is 4. The first-order valence-electron chi connectivity index (χ1n) is 8.85. The monoisotopic (exact) mass is 348 g/mol. The number of ether oxygens (including phenoxy) is 2. The number of methoxy groups -OCH3 is 2. The molecule has 0 radical (unpaired) electrons. The number of hydrogen-bond donors (Lipinski definition) is 0. The average Bonchev–Trinajstić information content (AvgIpc) is 2.67. The molecule has 1 aromatic carbocycles. The molecular formula is C19H28N2O4. The van der Waals surface area contributed by atoms with Gasteiger partial charge in [0.1, 0.15) is 11.5 Å². The third kappa shape index (κ3) is 4.44. The van der Waals surface area contributed by atoms with E-state index < -0.39 is 0 Å². The van der Waals surface area contributed by atoms with Crippen LogP contribution >= 0.6 is 0 Å². The van der Waals surface area contributed by atoms with Crippen molar-refractivity contribution >= 4 is 11.8 Å². The van der Waals surface area contributed by atoms with E-state index in [0.29, 0.717) is 43.2 Å². The lowest BCUT2D eigenvalue weighted by Crippen LogP contribution is -2.51. The Kier molecular flexibility index (Phi) is 6.67. The Bertz CT molecular complexity index is 583. The van der Waals surface area contributed by atoms with E-state index in [0.717, 1.165) is 12.8 Å². The number of carbonyl (C=O) groups is 2. The van der Waals surface area contributed by atoms with Crippen molar-refractivity contribution in [3.8, 4) is 11.5 Å². The first-order chi connectivity index (χ1) is 12.0. The van der Waals surface area contributed by atoms with Gasteiger partial charge in [0, 0.05) is 43.7 Å². The molecular weight excluding hydrogens is 320 g/mol. The Morgan fingerprint density at radius 1 is 0.920 bits per heavy atom. The zero-order valence-corrected chi connectivity index (χ0v) is 15.6. The molecule has 1 saturated heterocycles. The molecule has 0 spiro atoms. The zero-order valence-electron chi connectivity index (χ0n) is 15.6. The van der Waals surface area contributed by atoms with Crippen molar-refractivity contribution < 1.29 is 19.1 Å². The third-order valence-electron chi connectivity index (χ3n) is 4.81. The van der Waals surface area contributed by atoms with E-state index in [1.54, 1.807) is 37.3 Å². The minimum Gasteiger partial charge on any atom is -0.497 e. The Morgan fingerprint density at radius 2 is 1.40 bits per heavy atom. The average molecular weight is 348 g/mol. The van der Waals surface area contributed by atoms with Crippen LogP contribution in [0.2, 0.25) is 0 Å². The molecule has 1 aromatic rings. The van der Waals surface area contributed by atoms with Crippen molar-refractivity contribution in [1.29, 1.82) is 0 Å². The van der Waals surface area contributed by atoms with Gasteiger partial charge < -0.3 is 19.3 Å². The van der Waals surface area contributed by atoms with E-state index in [1.807, 2.05) is 18.7 Å². The molecule has 0 bridgehead atoms. The summed E-state index contributed by atoms with van der Waals surface area (Å²) in [6.07, 6.45) is 1.72. The minimum atomic E-state index is -0.0631. The fourth-order valence-electron chi connectivity index (χ4n) is 3.14. The summed E-state index contributed by atoms with van der Waals surface area (Å²) in [6, 6.07) is 5.17. The molecule has 1 fully saturated rings. The van der Waals surface area contributed by atoms with E-state index in [-0.39, 0.29) is 17.7 Å². The van der Waals surface area contributed by atoms with Crippen molar-refractivity contribution in [2.75, 3.05) is 40.4 Å². The summed E-state index contributed by atoms with van der Waals surface area (Å²) in [5.74, 6) is 1.41. The van der Waals surface area contributed by atoms with Crippen LogP contribution in [0.3, 0.4) is 0 Å². The van der Waals surface area contributed by atoms with Crippen LogP contribution in [-0.2, 0) is 4.79 Å². The third-order valence-corrected chi connectivity index (χ3v) is 4.81. The maximum Gasteiger partial charge on any atom is 0.254 e. The quantitative estimate of drug-likeness (QED) is 0.792. The van der Waals surface area contributed by atoms with Crippen molar-refractivity contribution in [3.05, 3.63) is 23.8 Å². The van der Waals surface area contributed by atoms with Crippen molar-refractivity contribution in [1.82, 2.24) is 9.80 Å². The number of amides is 2. The summed E-state index contributed by atoms with van der Waals surface area (Å²) in [5, 5.41) is 0. The molecule has 0 N–H and O–H groups in total. The SMILES string of the molecule is CCC(CC)C(=O)N1CCN(C(=O)c2cc(OC)cc(OC)c2)CC1. The van der Waals surface area contributed by atoms with E-state index in [2.05, 4.69) is 0 Å². The van der Waals surface area contributed by atoms with Crippen LogP contribution in [0, 0.1) is 5.92 Å². The highest BCUT2D eigenvalue weighted by atomic mass is 16.5. The molecule has 1 heterocycles. The largest absolute Gasteiger partial charge is 0.497 e. The van der Waals surface area contributed by atoms with Crippen LogP contribution in [0.1, 0.15) is 37.0 Å². The molecule has 0 saturated carbocycles. The lowest BCUT2D eigenvalue weighted by atomic mass is 10.0. The highest BCUT2D eigenvalue weighted by molar-refractivity contribution is 5.95. The predicted octanol–water partition coefficient (Wildman–Crippen LogP) is 2.42. The van der Waals surface area contributed by atoms with Gasteiger partial charge in [-0.1, -0.05) is 13.8 Å². The van der Waals surface area contributed by atoms with Crippen LogP contribution in [0.5, 0.6) is 11.5 Å². The number of nitrogens with zero attached hydrogens (tertiary/aromatic N) is 2. The number of rotatable bonds is 6. The molecule has 6 heteroatoms. The number of carbonyl (C=O) groups excluding carboxylic acids is 2. The summed E-state index contributed by atoms with van der Waals surface area (Å²) in [7, 11) is 3.12. The van der Waals surface area contributed by atoms with Gasteiger partial charge in [0.15, 0.2) is 0 Å². The minimum absolute atomic E-state index is 0.0631. The molecule has 25 heavy (non-hydrogen) atoms. The van der Waals surface area contributed by atoms with Gasteiger partial charge in [0.05, 0.1) is 14.2 Å². The summed E-state index contributed by atoms with van der Waals surface area (Å²) < 4.78 is 10.5. The van der Waals surface area contributed by atoms with Crippen molar-refractivity contribution in [2.24, 2.45) is 5.92 Å². The van der Waals surface area contributed by atoms with Gasteiger partial charge in [-0.3, -0.25) is 9.59 Å². The summed E-state index contributed by atoms with van der Waals surface area (Å²) in [5.41, 5.74) is 0.538. The van der Waals surface area contributed by atoms with E-state index in [9.17, 15) is 9.59 Å². The normalized spacial score (nSPS) is 14.6. The molecule has 1 aliphatic rings. The molecule has 6 nitrogen and oxygen atoms in total. The molecule has 0 atom stereocenters. The van der Waals surface area contributed by atoms with Crippen LogP contribution in [-0.4, -0.2) is 62.0 Å². The lowest BCUT2D eigenvalue weighted by molar-refractivity contribution is -0.137. The first kappa shape index (κ1) is 19.1. The van der Waals surface area contributed by atoms with Crippen LogP contribution < -0.4 is 9.47 Å². The predicted molar refractivity (Wildman–Crippen MR) is 96.1 cm³/mol. The van der Waals surface area contributed by atoms with Crippen molar-refractivity contribution in [3.63, 3.8) is 0 Å². The van der Waals surface area contributed by atoms with Crippen molar-refractivity contribution in [2.45, 2.75) is 26.7 Å². The second kappa shape index (κ2) is 8.74. The van der Waals surface area contributed by atoms with Gasteiger partial charge in [0.25, 0.3) is 5.91 Å². The standard InChI is InChI=1S/C19H28N2O4/c1-5-14(6-2)18(22)20-7-9-21(10-8-20)19(23)15-11-16(24-3)13-17(12-15)25-4/h11-14H,5-10H2,1-4H3. The summed E-state index contributed by atoms with van der Waals surface area (Å²) in [4.78, 5) is 28.9. The summed E-state index contributed by atoms with van der Waals surface area (Å²) >= 11 is 0. The van der Waals surface area contributed by atoms with E-state index >= 15 is 0 Å². The molecule has 2 rings (SSSR count). The molecule has 138 valence electrons. The van der Waals surface area contributed by atoms with E-state index in [4.69, 9.17) is 9.47 Å². The highest BCUT2D eigenvalue weighted by Crippen LogP contribution is 2.24. The van der Waals surface area contributed by atoms with Gasteiger partial charge in [-0.05, 0) is 25.0 Å². The number of piperazine rings is 1. The van der Waals surface area contributed by atoms with Gasteiger partial charge >= 0.3 is 0 Å². The Hall–Kier alpha value is -2.24. The zero-order chi connectivity index (χ0) is 18.4. The fraction of sp³-hybridized carbons (Fsp3) is 0.579. The van der Waals surface area contributed by atoms with Crippen LogP contribution in [0.4, 0.5) is 0 Å². The maximum atomic E-state index is 12.8. The topological polar surface area (TPSA) is 59.1 Å². The van der Waals surface area contributed by atoms with Crippen LogP contribution in [0.25, 0.3) is 0 Å². The van der Waals surface area contributed by atoms with Gasteiger partial charge in [0.2, 0.25) is 5.91 Å². The Morgan fingerprint density at radius 3 is 1.84 bits per heavy atom. The second-order valence-electron chi connectivity index (χ2n) is 6.23. The number of benzene rings is 1. The van der Waals surface area contributed by atoms with Gasteiger partial charge in [-0.25, -0.2) is 0 Å². The fourth-order valence-corrected chi connectivity index (χ4v) is 3.14. The highest BCUT2D eigenvalue weighted by Gasteiger charge is 2.28. The smallest absolute Gasteiger partial charge is 0.254 e. The molecule has 0 unspecified atom stereocenters. The Balaban J connectivity index is 2.03. The van der Waals surface area contributed by atoms with Gasteiger partial charge in [-0.2, -0.15) is 0 Å².